The van der Waals surface area contributed by atoms with Gasteiger partial charge < -0.3 is 5.32 Å². The lowest BCUT2D eigenvalue weighted by molar-refractivity contribution is 0.477. The van der Waals surface area contributed by atoms with Crippen LogP contribution in [-0.2, 0) is 19.3 Å². The van der Waals surface area contributed by atoms with E-state index in [1.807, 2.05) is 0 Å². The Kier molecular flexibility index (Phi) is 4.23. The van der Waals surface area contributed by atoms with Crippen LogP contribution in [0.15, 0.2) is 35.0 Å². The van der Waals surface area contributed by atoms with Crippen molar-refractivity contribution in [3.05, 3.63) is 57.3 Å². The van der Waals surface area contributed by atoms with Gasteiger partial charge in [-0.15, -0.1) is 0 Å². The van der Waals surface area contributed by atoms with Gasteiger partial charge in [-0.1, -0.05) is 18.2 Å². The highest BCUT2D eigenvalue weighted by Crippen LogP contribution is 2.25. The van der Waals surface area contributed by atoms with Gasteiger partial charge in [0.15, 0.2) is 0 Å². The molecular weight excluding hydrogens is 262 g/mol. The molecule has 106 valence electrons. The van der Waals surface area contributed by atoms with E-state index in [0.29, 0.717) is 12.1 Å². The zero-order chi connectivity index (χ0) is 13.9. The largest absolute Gasteiger partial charge is 0.307 e. The van der Waals surface area contributed by atoms with Gasteiger partial charge >= 0.3 is 0 Å². The molecule has 0 radical (unpaired) electrons. The topological polar surface area (TPSA) is 12.0 Å². The van der Waals surface area contributed by atoms with Crippen LogP contribution in [0.25, 0.3) is 0 Å². The second-order valence-corrected chi connectivity index (χ2v) is 6.79. The van der Waals surface area contributed by atoms with Crippen molar-refractivity contribution >= 4 is 11.3 Å². The van der Waals surface area contributed by atoms with Crippen LogP contribution in [0.5, 0.6) is 0 Å². The summed E-state index contributed by atoms with van der Waals surface area (Å²) in [6, 6.07) is 10.2. The molecule has 0 bridgehead atoms. The van der Waals surface area contributed by atoms with Crippen molar-refractivity contribution in [3.63, 3.8) is 0 Å². The summed E-state index contributed by atoms with van der Waals surface area (Å²) < 4.78 is 0. The smallest absolute Gasteiger partial charge is 0.0294 e. The summed E-state index contributed by atoms with van der Waals surface area (Å²) >= 11 is 1.78. The van der Waals surface area contributed by atoms with Crippen molar-refractivity contribution in [2.45, 2.75) is 51.6 Å². The summed E-state index contributed by atoms with van der Waals surface area (Å²) in [7, 11) is 0. The number of hydrogen-bond acceptors (Lipinski definition) is 2. The molecule has 2 atom stereocenters. The number of rotatable bonds is 5. The Morgan fingerprint density at radius 1 is 1.15 bits per heavy atom. The lowest BCUT2D eigenvalue weighted by atomic mass is 10.0. The molecule has 0 saturated heterocycles. The molecule has 0 amide bonds. The summed E-state index contributed by atoms with van der Waals surface area (Å²) in [4.78, 5) is 0. The Balaban J connectivity index is 1.62. The minimum atomic E-state index is 0.425. The van der Waals surface area contributed by atoms with E-state index in [1.54, 1.807) is 22.5 Å². The van der Waals surface area contributed by atoms with Gasteiger partial charge in [0.25, 0.3) is 0 Å². The molecular formula is C18H23NS. The van der Waals surface area contributed by atoms with Crippen molar-refractivity contribution in [3.8, 4) is 0 Å². The molecule has 0 fully saturated rings. The predicted octanol–water partition coefficient (Wildman–Crippen LogP) is 4.52. The first kappa shape index (κ1) is 13.8. The van der Waals surface area contributed by atoms with Gasteiger partial charge in [-0.25, -0.2) is 0 Å². The van der Waals surface area contributed by atoms with E-state index in [4.69, 9.17) is 0 Å². The van der Waals surface area contributed by atoms with Gasteiger partial charge in [0.2, 0.25) is 0 Å². The van der Waals surface area contributed by atoms with Crippen LogP contribution >= 0.6 is 11.3 Å². The fourth-order valence-electron chi connectivity index (χ4n) is 3.21. The molecule has 2 heteroatoms. The second-order valence-electron chi connectivity index (χ2n) is 6.01. The highest BCUT2D eigenvalue weighted by molar-refractivity contribution is 7.07. The van der Waals surface area contributed by atoms with Crippen LogP contribution in [0.2, 0.25) is 0 Å². The minimum Gasteiger partial charge on any atom is -0.307 e. The molecule has 20 heavy (non-hydrogen) atoms. The SMILES string of the molecule is CC(Cc1ccsc1)NC(C)c1ccc2c(c1)CCC2. The molecule has 0 spiro atoms. The number of thiophene rings is 1. The zero-order valence-electron chi connectivity index (χ0n) is 12.4. The van der Waals surface area contributed by atoms with Crippen LogP contribution in [-0.4, -0.2) is 6.04 Å². The maximum Gasteiger partial charge on any atom is 0.0294 e. The first-order valence-electron chi connectivity index (χ1n) is 7.61. The number of aryl methyl sites for hydroxylation is 2. The van der Waals surface area contributed by atoms with Gasteiger partial charge in [0.1, 0.15) is 0 Å². The van der Waals surface area contributed by atoms with Crippen LogP contribution in [0.1, 0.15) is 48.6 Å². The third-order valence-corrected chi connectivity index (χ3v) is 5.01. The fraction of sp³-hybridized carbons (Fsp3) is 0.444. The predicted molar refractivity (Wildman–Crippen MR) is 87.5 cm³/mol. The molecule has 0 aliphatic heterocycles. The summed E-state index contributed by atoms with van der Waals surface area (Å²) in [5.41, 5.74) is 6.01. The van der Waals surface area contributed by atoms with Crippen molar-refractivity contribution in [2.24, 2.45) is 0 Å². The molecule has 1 aromatic carbocycles. The normalized spacial score (nSPS) is 16.9. The van der Waals surface area contributed by atoms with E-state index in [0.717, 1.165) is 6.42 Å². The molecule has 2 aromatic rings. The summed E-state index contributed by atoms with van der Waals surface area (Å²) in [5, 5.41) is 8.14. The molecule has 1 nitrogen and oxygen atoms in total. The maximum atomic E-state index is 3.73. The average molecular weight is 285 g/mol. The quantitative estimate of drug-likeness (QED) is 0.851. The van der Waals surface area contributed by atoms with E-state index < -0.39 is 0 Å². The molecule has 0 saturated carbocycles. The highest BCUT2D eigenvalue weighted by Gasteiger charge is 2.15. The first-order chi connectivity index (χ1) is 9.72. The summed E-state index contributed by atoms with van der Waals surface area (Å²) in [5.74, 6) is 0. The van der Waals surface area contributed by atoms with Gasteiger partial charge in [-0.3, -0.25) is 0 Å². The van der Waals surface area contributed by atoms with Crippen LogP contribution < -0.4 is 5.32 Å². The molecule has 1 aliphatic carbocycles. The van der Waals surface area contributed by atoms with Gasteiger partial charge in [0.05, 0.1) is 0 Å². The van der Waals surface area contributed by atoms with Gasteiger partial charge in [0, 0.05) is 12.1 Å². The minimum absolute atomic E-state index is 0.425. The van der Waals surface area contributed by atoms with Crippen molar-refractivity contribution < 1.29 is 0 Å². The lowest BCUT2D eigenvalue weighted by Gasteiger charge is -2.21. The van der Waals surface area contributed by atoms with Crippen LogP contribution in [0.3, 0.4) is 0 Å². The third-order valence-electron chi connectivity index (χ3n) is 4.28. The third kappa shape index (κ3) is 3.13. The number of benzene rings is 1. The second kappa shape index (κ2) is 6.11. The van der Waals surface area contributed by atoms with E-state index >= 15 is 0 Å². The van der Waals surface area contributed by atoms with Gasteiger partial charge in [-0.2, -0.15) is 11.3 Å². The molecule has 1 aromatic heterocycles. The monoisotopic (exact) mass is 285 g/mol. The Morgan fingerprint density at radius 3 is 2.80 bits per heavy atom. The Bertz CT molecular complexity index is 559. The first-order valence-corrected chi connectivity index (χ1v) is 8.55. The molecule has 1 heterocycles. The molecule has 1 N–H and O–H groups in total. The van der Waals surface area contributed by atoms with Crippen LogP contribution in [0.4, 0.5) is 0 Å². The molecule has 1 aliphatic rings. The Morgan fingerprint density at radius 2 is 2.00 bits per heavy atom. The summed E-state index contributed by atoms with van der Waals surface area (Å²) in [6.45, 7) is 4.56. The van der Waals surface area contributed by atoms with E-state index in [2.05, 4.69) is 54.2 Å². The van der Waals surface area contributed by atoms with Crippen LogP contribution in [0, 0.1) is 0 Å². The van der Waals surface area contributed by atoms with E-state index in [9.17, 15) is 0 Å². The Hall–Kier alpha value is -1.12. The lowest BCUT2D eigenvalue weighted by Crippen LogP contribution is -2.30. The standard InChI is InChI=1S/C18H23NS/c1-13(10-15-8-9-20-12-15)19-14(2)17-7-6-16-4-3-5-18(16)11-17/h6-9,11-14,19H,3-5,10H2,1-2H3. The van der Waals surface area contributed by atoms with Crippen molar-refractivity contribution in [1.29, 1.82) is 0 Å². The van der Waals surface area contributed by atoms with Gasteiger partial charge in [-0.05, 0) is 78.6 Å². The number of hydrogen-bond donors (Lipinski definition) is 1. The van der Waals surface area contributed by atoms with Crippen molar-refractivity contribution in [2.75, 3.05) is 0 Å². The molecule has 3 rings (SSSR count). The van der Waals surface area contributed by atoms with Crippen molar-refractivity contribution in [1.82, 2.24) is 5.32 Å². The number of fused-ring (bicyclic) bond motifs is 1. The molecule has 2 unspecified atom stereocenters. The summed E-state index contributed by atoms with van der Waals surface area (Å²) in [6.07, 6.45) is 4.97. The number of nitrogens with one attached hydrogen (secondary N) is 1. The fourth-order valence-corrected chi connectivity index (χ4v) is 3.89. The average Bonchev–Trinajstić information content (AvgIpc) is 3.07. The zero-order valence-corrected chi connectivity index (χ0v) is 13.2. The van der Waals surface area contributed by atoms with E-state index in [1.165, 1.54) is 30.4 Å². The van der Waals surface area contributed by atoms with E-state index in [-0.39, 0.29) is 0 Å². The Labute approximate surface area is 126 Å². The maximum absolute atomic E-state index is 3.73. The highest BCUT2D eigenvalue weighted by atomic mass is 32.1.